The topological polar surface area (TPSA) is 63.7 Å². The molecule has 0 N–H and O–H groups in total. The molecule has 106 valence electrons. The number of carbonyl (C=O) groups is 1. The van der Waals surface area contributed by atoms with E-state index in [2.05, 4.69) is 4.90 Å². The number of ketones is 1. The van der Waals surface area contributed by atoms with Gasteiger partial charge in [-0.3, -0.25) is 8.98 Å². The number of hydrogen-bond donors (Lipinski definition) is 0. The number of nitrogens with zero attached hydrogens (tertiary/aromatic N) is 1. The normalized spacial score (nSPS) is 19.9. The average Bonchev–Trinajstić information content (AvgIpc) is 2.93. The molecule has 5 nitrogen and oxygen atoms in total. The molecule has 19 heavy (non-hydrogen) atoms. The number of carbonyl (C=O) groups excluding carboxylic acids is 1. The van der Waals surface area contributed by atoms with Gasteiger partial charge in [-0.2, -0.15) is 8.42 Å². The highest BCUT2D eigenvalue weighted by molar-refractivity contribution is 7.85. The van der Waals surface area contributed by atoms with Crippen molar-refractivity contribution >= 4 is 32.2 Å². The minimum atomic E-state index is -3.40. The molecule has 1 saturated heterocycles. The highest BCUT2D eigenvalue weighted by Crippen LogP contribution is 2.32. The Kier molecular flexibility index (Phi) is 4.27. The van der Waals surface area contributed by atoms with Crippen LogP contribution in [0.15, 0.2) is 12.1 Å². The lowest BCUT2D eigenvalue weighted by molar-refractivity contribution is 0.102. The lowest BCUT2D eigenvalue weighted by Crippen LogP contribution is -2.33. The second kappa shape index (κ2) is 5.60. The van der Waals surface area contributed by atoms with E-state index in [1.807, 2.05) is 12.1 Å². The summed E-state index contributed by atoms with van der Waals surface area (Å²) >= 11 is 1.45. The second-order valence-corrected chi connectivity index (χ2v) is 7.38. The molecular weight excluding hydrogens is 286 g/mol. The Bertz CT molecular complexity index is 564. The van der Waals surface area contributed by atoms with Gasteiger partial charge in [0, 0.05) is 6.54 Å². The maximum Gasteiger partial charge on any atom is 0.264 e. The number of hydrogen-bond acceptors (Lipinski definition) is 6. The van der Waals surface area contributed by atoms with E-state index in [-0.39, 0.29) is 18.4 Å². The van der Waals surface area contributed by atoms with Gasteiger partial charge in [-0.25, -0.2) is 0 Å². The van der Waals surface area contributed by atoms with Gasteiger partial charge in [0.2, 0.25) is 0 Å². The van der Waals surface area contributed by atoms with Crippen LogP contribution in [0, 0.1) is 0 Å². The molecule has 0 aromatic carbocycles. The summed E-state index contributed by atoms with van der Waals surface area (Å²) in [7, 11) is -3.40. The third kappa shape index (κ3) is 3.77. The van der Waals surface area contributed by atoms with Crippen LogP contribution in [0.1, 0.15) is 29.4 Å². The molecule has 0 aliphatic carbocycles. The molecule has 1 aliphatic rings. The molecule has 0 radical (unpaired) electrons. The van der Waals surface area contributed by atoms with Crippen LogP contribution in [0.5, 0.6) is 0 Å². The van der Waals surface area contributed by atoms with Crippen molar-refractivity contribution in [2.75, 3.05) is 24.3 Å². The molecule has 1 atom stereocenters. The number of rotatable bonds is 5. The monoisotopic (exact) mass is 303 g/mol. The van der Waals surface area contributed by atoms with E-state index in [0.29, 0.717) is 0 Å². The van der Waals surface area contributed by atoms with Gasteiger partial charge in [-0.05, 0) is 31.9 Å². The van der Waals surface area contributed by atoms with Crippen molar-refractivity contribution in [2.45, 2.75) is 25.8 Å². The largest absolute Gasteiger partial charge is 0.358 e. The molecule has 7 heteroatoms. The average molecular weight is 303 g/mol. The zero-order valence-electron chi connectivity index (χ0n) is 11.0. The first kappa shape index (κ1) is 14.5. The number of thiophene rings is 1. The summed E-state index contributed by atoms with van der Waals surface area (Å²) in [5.41, 5.74) is 0. The molecule has 0 bridgehead atoms. The fourth-order valence-corrected chi connectivity index (χ4v) is 3.58. The fraction of sp³-hybridized carbons (Fsp3) is 0.583. The molecule has 1 aromatic rings. The smallest absolute Gasteiger partial charge is 0.264 e. The van der Waals surface area contributed by atoms with Gasteiger partial charge >= 0.3 is 0 Å². The molecule has 1 fully saturated rings. The van der Waals surface area contributed by atoms with Crippen LogP contribution in [-0.4, -0.2) is 39.7 Å². The van der Waals surface area contributed by atoms with Crippen molar-refractivity contribution in [2.24, 2.45) is 0 Å². The van der Waals surface area contributed by atoms with Gasteiger partial charge in [0.15, 0.2) is 5.78 Å². The number of anilines is 1. The third-order valence-electron chi connectivity index (χ3n) is 3.07. The van der Waals surface area contributed by atoms with Crippen LogP contribution in [0.2, 0.25) is 0 Å². The minimum Gasteiger partial charge on any atom is -0.358 e. The quantitative estimate of drug-likeness (QED) is 0.614. The van der Waals surface area contributed by atoms with Crippen molar-refractivity contribution in [3.8, 4) is 0 Å². The fourth-order valence-electron chi connectivity index (χ4n) is 2.17. The van der Waals surface area contributed by atoms with Gasteiger partial charge in [0.05, 0.1) is 28.8 Å². The van der Waals surface area contributed by atoms with Crippen LogP contribution in [-0.2, 0) is 14.3 Å². The molecule has 2 rings (SSSR count). The maximum absolute atomic E-state index is 11.3. The van der Waals surface area contributed by atoms with Gasteiger partial charge < -0.3 is 4.90 Å². The zero-order chi connectivity index (χ0) is 14.0. The summed E-state index contributed by atoms with van der Waals surface area (Å²) in [6.45, 7) is 2.59. The number of Topliss-reactive ketones (excluding diaryl/α,β-unsaturated/α-hetero) is 1. The van der Waals surface area contributed by atoms with Gasteiger partial charge in [0.25, 0.3) is 10.1 Å². The Hall–Kier alpha value is -0.920. The molecular formula is C12H17NO4S2. The Labute approximate surface area is 117 Å². The predicted molar refractivity (Wildman–Crippen MR) is 75.5 cm³/mol. The second-order valence-electron chi connectivity index (χ2n) is 4.67. The SMILES string of the molecule is CC(=O)c1ccc(N2CCC[C@H]2COS(C)(=O)=O)s1. The van der Waals surface area contributed by atoms with Crippen LogP contribution in [0.25, 0.3) is 0 Å². The van der Waals surface area contributed by atoms with E-state index in [1.165, 1.54) is 11.3 Å². The van der Waals surface area contributed by atoms with Gasteiger partial charge in [-0.1, -0.05) is 0 Å². The molecule has 0 unspecified atom stereocenters. The van der Waals surface area contributed by atoms with Crippen LogP contribution >= 0.6 is 11.3 Å². The van der Waals surface area contributed by atoms with E-state index < -0.39 is 10.1 Å². The van der Waals surface area contributed by atoms with Crippen molar-refractivity contribution in [1.29, 1.82) is 0 Å². The summed E-state index contributed by atoms with van der Waals surface area (Å²) in [4.78, 5) is 14.2. The third-order valence-corrected chi connectivity index (χ3v) is 4.86. The Morgan fingerprint density at radius 3 is 2.84 bits per heavy atom. The van der Waals surface area contributed by atoms with Crippen molar-refractivity contribution in [1.82, 2.24) is 0 Å². The molecule has 2 heterocycles. The standard InChI is InChI=1S/C12H17NO4S2/c1-9(14)11-5-6-12(18-11)13-7-3-4-10(13)8-17-19(2,15)16/h5-6,10H,3-4,7-8H2,1-2H3/t10-/m0/s1. The van der Waals surface area contributed by atoms with Crippen molar-refractivity contribution < 1.29 is 17.4 Å². The predicted octanol–water partition coefficient (Wildman–Crippen LogP) is 1.90. The van der Waals surface area contributed by atoms with Crippen molar-refractivity contribution in [3.05, 3.63) is 17.0 Å². The Balaban J connectivity index is 2.07. The summed E-state index contributed by atoms with van der Waals surface area (Å²) in [5, 5.41) is 1.00. The van der Waals surface area contributed by atoms with E-state index in [1.54, 1.807) is 6.92 Å². The molecule has 1 aliphatic heterocycles. The minimum absolute atomic E-state index is 0.0550. The summed E-state index contributed by atoms with van der Waals surface area (Å²) < 4.78 is 27.0. The molecule has 0 saturated carbocycles. The summed E-state index contributed by atoms with van der Waals surface area (Å²) in [6, 6.07) is 3.79. The van der Waals surface area contributed by atoms with E-state index in [0.717, 1.165) is 35.5 Å². The highest BCUT2D eigenvalue weighted by Gasteiger charge is 2.27. The Morgan fingerprint density at radius 1 is 1.53 bits per heavy atom. The first-order valence-electron chi connectivity index (χ1n) is 6.08. The van der Waals surface area contributed by atoms with Crippen LogP contribution < -0.4 is 4.90 Å². The Morgan fingerprint density at radius 2 is 2.26 bits per heavy atom. The van der Waals surface area contributed by atoms with Crippen LogP contribution in [0.4, 0.5) is 5.00 Å². The molecule has 0 amide bonds. The first-order valence-corrected chi connectivity index (χ1v) is 8.72. The molecule has 1 aromatic heterocycles. The van der Waals surface area contributed by atoms with E-state index >= 15 is 0 Å². The van der Waals surface area contributed by atoms with Crippen LogP contribution in [0.3, 0.4) is 0 Å². The summed E-state index contributed by atoms with van der Waals surface area (Å²) in [5.74, 6) is 0.0550. The summed E-state index contributed by atoms with van der Waals surface area (Å²) in [6.07, 6.45) is 2.97. The van der Waals surface area contributed by atoms with Gasteiger partial charge in [-0.15, -0.1) is 11.3 Å². The van der Waals surface area contributed by atoms with E-state index in [4.69, 9.17) is 4.18 Å². The first-order chi connectivity index (χ1) is 8.87. The van der Waals surface area contributed by atoms with Gasteiger partial charge in [0.1, 0.15) is 0 Å². The lowest BCUT2D eigenvalue weighted by Gasteiger charge is -2.24. The molecule has 0 spiro atoms. The zero-order valence-corrected chi connectivity index (χ0v) is 12.6. The van der Waals surface area contributed by atoms with Crippen molar-refractivity contribution in [3.63, 3.8) is 0 Å². The lowest BCUT2D eigenvalue weighted by atomic mass is 10.2. The maximum atomic E-state index is 11.3. The van der Waals surface area contributed by atoms with E-state index in [9.17, 15) is 13.2 Å². The highest BCUT2D eigenvalue weighted by atomic mass is 32.2.